The van der Waals surface area contributed by atoms with Gasteiger partial charge in [-0.2, -0.15) is 0 Å². The summed E-state index contributed by atoms with van der Waals surface area (Å²) in [5, 5.41) is 14.3. The predicted molar refractivity (Wildman–Crippen MR) is 111 cm³/mol. The van der Waals surface area contributed by atoms with E-state index in [-0.39, 0.29) is 5.41 Å². The van der Waals surface area contributed by atoms with E-state index in [1.165, 1.54) is 49.8 Å². The molecule has 27 heavy (non-hydrogen) atoms. The summed E-state index contributed by atoms with van der Waals surface area (Å²) in [5.74, 6) is 0.386. The first-order valence-electron chi connectivity index (χ1n) is 10.4. The number of nitrogens with zero attached hydrogens (tertiary/aromatic N) is 1. The summed E-state index contributed by atoms with van der Waals surface area (Å²) in [6.45, 7) is 3.70. The van der Waals surface area contributed by atoms with Crippen molar-refractivity contribution in [1.29, 1.82) is 0 Å². The van der Waals surface area contributed by atoms with Gasteiger partial charge in [-0.25, -0.2) is 0 Å². The normalized spacial score (nSPS) is 32.4. The third-order valence-electron chi connectivity index (χ3n) is 8.00. The molecule has 2 N–H and O–H groups in total. The van der Waals surface area contributed by atoms with Crippen LogP contribution in [-0.2, 0) is 11.8 Å². The first kappa shape index (κ1) is 17.1. The van der Waals surface area contributed by atoms with Crippen LogP contribution in [0.15, 0.2) is 42.5 Å². The van der Waals surface area contributed by atoms with Crippen LogP contribution >= 0.6 is 0 Å². The zero-order valence-electron chi connectivity index (χ0n) is 16.5. The van der Waals surface area contributed by atoms with Crippen LogP contribution in [0.25, 0.3) is 0 Å². The second-order valence-electron chi connectivity index (χ2n) is 9.17. The number of phenols is 1. The first-order chi connectivity index (χ1) is 13.0. The molecule has 2 fully saturated rings. The van der Waals surface area contributed by atoms with Crippen molar-refractivity contribution in [3.63, 3.8) is 0 Å². The molecule has 0 amide bonds. The van der Waals surface area contributed by atoms with Crippen LogP contribution in [0, 0.1) is 5.41 Å². The molecule has 0 spiro atoms. The van der Waals surface area contributed by atoms with Crippen molar-refractivity contribution < 1.29 is 5.11 Å². The molecule has 3 aliphatic rings. The first-order valence-corrected chi connectivity index (χ1v) is 10.4. The number of anilines is 2. The lowest BCUT2D eigenvalue weighted by Crippen LogP contribution is -2.66. The molecule has 0 aromatic heterocycles. The number of para-hydroxylation sites is 1. The molecule has 2 bridgehead atoms. The number of piperidine rings is 1. The smallest absolute Gasteiger partial charge is 0.139 e. The van der Waals surface area contributed by atoms with E-state index in [1.807, 2.05) is 30.3 Å². The largest absolute Gasteiger partial charge is 0.506 e. The lowest BCUT2D eigenvalue weighted by molar-refractivity contribution is -0.0735. The van der Waals surface area contributed by atoms with Crippen LogP contribution in [0.3, 0.4) is 0 Å². The van der Waals surface area contributed by atoms with Crippen LogP contribution in [0.4, 0.5) is 11.4 Å². The number of aromatic hydroxyl groups is 1. The van der Waals surface area contributed by atoms with Gasteiger partial charge in [0.1, 0.15) is 5.75 Å². The maximum atomic E-state index is 10.9. The average molecular weight is 363 g/mol. The highest BCUT2D eigenvalue weighted by Crippen LogP contribution is 2.63. The van der Waals surface area contributed by atoms with Crippen molar-refractivity contribution in [3.8, 4) is 5.75 Å². The Morgan fingerprint density at radius 2 is 1.85 bits per heavy atom. The SMILES string of the molecule is CN1CC[C@@]23CCCC[C@]2(C)[C@@H]1Cc1cc(Nc2ccccc2)c(O)cc13. The van der Waals surface area contributed by atoms with Crippen molar-refractivity contribution in [2.45, 2.75) is 56.9 Å². The molecule has 3 nitrogen and oxygen atoms in total. The maximum absolute atomic E-state index is 10.9. The molecule has 1 saturated carbocycles. The van der Waals surface area contributed by atoms with Crippen molar-refractivity contribution >= 4 is 11.4 Å². The molecule has 142 valence electrons. The van der Waals surface area contributed by atoms with Gasteiger partial charge in [0.2, 0.25) is 0 Å². The Labute approximate surface area is 162 Å². The fourth-order valence-corrected chi connectivity index (χ4v) is 6.54. The Bertz CT molecular complexity index is 864. The van der Waals surface area contributed by atoms with Gasteiger partial charge < -0.3 is 15.3 Å². The molecule has 2 aromatic carbocycles. The zero-order valence-corrected chi connectivity index (χ0v) is 16.5. The highest BCUT2D eigenvalue weighted by Gasteiger charge is 2.60. The summed E-state index contributed by atoms with van der Waals surface area (Å²) in [6.07, 6.45) is 7.55. The Morgan fingerprint density at radius 3 is 2.67 bits per heavy atom. The number of hydrogen-bond acceptors (Lipinski definition) is 3. The summed E-state index contributed by atoms with van der Waals surface area (Å²) in [4.78, 5) is 2.60. The third-order valence-corrected chi connectivity index (χ3v) is 8.00. The quantitative estimate of drug-likeness (QED) is 0.720. The fraction of sp³-hybridized carbons (Fsp3) is 0.500. The monoisotopic (exact) mass is 362 g/mol. The van der Waals surface area contributed by atoms with Gasteiger partial charge in [-0.1, -0.05) is 38.0 Å². The molecular formula is C24H30N2O. The van der Waals surface area contributed by atoms with Gasteiger partial charge in [-0.3, -0.25) is 0 Å². The fourth-order valence-electron chi connectivity index (χ4n) is 6.54. The molecule has 1 heterocycles. The Kier molecular flexibility index (Phi) is 3.80. The highest BCUT2D eigenvalue weighted by atomic mass is 16.3. The minimum absolute atomic E-state index is 0.235. The van der Waals surface area contributed by atoms with Crippen LogP contribution < -0.4 is 5.32 Å². The number of phenolic OH excluding ortho intramolecular Hbond substituents is 1. The molecule has 2 aromatic rings. The molecule has 3 heteroatoms. The molecule has 3 atom stereocenters. The zero-order chi connectivity index (χ0) is 18.6. The van der Waals surface area contributed by atoms with Crippen molar-refractivity contribution in [2.75, 3.05) is 18.9 Å². The second-order valence-corrected chi connectivity index (χ2v) is 9.17. The number of fused-ring (bicyclic) bond motifs is 1. The van der Waals surface area contributed by atoms with E-state index in [0.29, 0.717) is 17.2 Å². The lowest BCUT2D eigenvalue weighted by atomic mass is 9.45. The van der Waals surface area contributed by atoms with Crippen LogP contribution in [0.5, 0.6) is 5.75 Å². The molecule has 0 radical (unpaired) electrons. The standard InChI is InChI=1S/C24H30N2O/c1-23-10-6-7-11-24(23)12-13-26(2)22(23)15-17-14-20(21(27)16-19(17)24)25-18-8-4-3-5-9-18/h3-5,8-9,14,16,22,25,27H,6-7,10-13,15H2,1-2H3/t22-,23+,24+/m0/s1. The predicted octanol–water partition coefficient (Wildman–Crippen LogP) is 5.21. The van der Waals surface area contributed by atoms with Crippen LogP contribution in [0.2, 0.25) is 0 Å². The minimum atomic E-state index is 0.235. The van der Waals surface area contributed by atoms with Crippen molar-refractivity contribution in [2.24, 2.45) is 5.41 Å². The molecule has 1 saturated heterocycles. The van der Waals surface area contributed by atoms with Gasteiger partial charge in [-0.15, -0.1) is 0 Å². The number of likely N-dealkylation sites (N-methyl/N-ethyl adjacent to an activating group) is 1. The minimum Gasteiger partial charge on any atom is -0.506 e. The van der Waals surface area contributed by atoms with Gasteiger partial charge in [0.25, 0.3) is 0 Å². The number of hydrogen-bond donors (Lipinski definition) is 2. The number of nitrogens with one attached hydrogen (secondary N) is 1. The average Bonchev–Trinajstić information content (AvgIpc) is 2.67. The summed E-state index contributed by atoms with van der Waals surface area (Å²) in [5.41, 5.74) is 5.27. The van der Waals surface area contributed by atoms with E-state index < -0.39 is 0 Å². The third kappa shape index (κ3) is 2.37. The van der Waals surface area contributed by atoms with E-state index in [9.17, 15) is 5.11 Å². The van der Waals surface area contributed by atoms with Crippen molar-refractivity contribution in [3.05, 3.63) is 53.6 Å². The summed E-state index contributed by atoms with van der Waals surface area (Å²) in [6, 6.07) is 15.1. The Hall–Kier alpha value is -2.00. The molecule has 0 unspecified atom stereocenters. The van der Waals surface area contributed by atoms with Gasteiger partial charge >= 0.3 is 0 Å². The summed E-state index contributed by atoms with van der Waals surface area (Å²) in [7, 11) is 2.31. The van der Waals surface area contributed by atoms with Gasteiger partial charge in [0.15, 0.2) is 0 Å². The molecule has 1 aliphatic heterocycles. The van der Waals surface area contributed by atoms with Crippen LogP contribution in [-0.4, -0.2) is 29.6 Å². The maximum Gasteiger partial charge on any atom is 0.139 e. The number of rotatable bonds is 2. The van der Waals surface area contributed by atoms with Crippen LogP contribution in [0.1, 0.15) is 50.2 Å². The Balaban J connectivity index is 1.62. The van der Waals surface area contributed by atoms with Gasteiger partial charge in [0, 0.05) is 17.1 Å². The second kappa shape index (κ2) is 6.00. The van der Waals surface area contributed by atoms with Crippen molar-refractivity contribution in [1.82, 2.24) is 4.90 Å². The summed E-state index contributed by atoms with van der Waals surface area (Å²) >= 11 is 0. The van der Waals surface area contributed by atoms with E-state index in [2.05, 4.69) is 36.3 Å². The van der Waals surface area contributed by atoms with Gasteiger partial charge in [0.05, 0.1) is 5.69 Å². The number of benzene rings is 2. The van der Waals surface area contributed by atoms with E-state index >= 15 is 0 Å². The molecular weight excluding hydrogens is 332 g/mol. The molecule has 2 aliphatic carbocycles. The van der Waals surface area contributed by atoms with E-state index in [1.54, 1.807) is 0 Å². The lowest BCUT2D eigenvalue weighted by Gasteiger charge is -2.65. The Morgan fingerprint density at radius 1 is 1.07 bits per heavy atom. The number of likely N-dealkylation sites (tertiary alicyclic amines) is 1. The van der Waals surface area contributed by atoms with E-state index in [0.717, 1.165) is 17.8 Å². The topological polar surface area (TPSA) is 35.5 Å². The highest BCUT2D eigenvalue weighted by molar-refractivity contribution is 5.69. The van der Waals surface area contributed by atoms with Gasteiger partial charge in [-0.05, 0) is 80.1 Å². The van der Waals surface area contributed by atoms with E-state index in [4.69, 9.17) is 0 Å². The summed E-state index contributed by atoms with van der Waals surface area (Å²) < 4.78 is 0. The molecule has 5 rings (SSSR count).